The number of carbonyl (C=O) groups is 2. The number of aromatic nitrogens is 4. The van der Waals surface area contributed by atoms with E-state index in [0.717, 1.165) is 38.4 Å². The monoisotopic (exact) mass is 425 g/mol. The standard InChI is InChI=1S/C18H17N5O2.C2H2O4/c1-2-16-13(3-6-24-16)7-12(1)9-23-10-14(11-23)18-21-17(22-25-18)15-8-19-4-5-20-15;3-1(4)2(5)6/h1-2,4-5,7-8,14H,3,6,9-11H2;(H,3,4)(H,5,6). The molecule has 1 fully saturated rings. The summed E-state index contributed by atoms with van der Waals surface area (Å²) >= 11 is 0. The van der Waals surface area contributed by atoms with Crippen LogP contribution in [0.5, 0.6) is 5.75 Å². The van der Waals surface area contributed by atoms with Crippen molar-refractivity contribution in [3.05, 3.63) is 53.8 Å². The van der Waals surface area contributed by atoms with Crippen LogP contribution in [0.15, 0.2) is 41.3 Å². The van der Waals surface area contributed by atoms with Crippen LogP contribution in [0.25, 0.3) is 11.5 Å². The molecule has 2 aliphatic rings. The molecule has 2 N–H and O–H groups in total. The zero-order valence-corrected chi connectivity index (χ0v) is 16.3. The van der Waals surface area contributed by atoms with Gasteiger partial charge in [-0.1, -0.05) is 17.3 Å². The second kappa shape index (κ2) is 8.88. The highest BCUT2D eigenvalue weighted by atomic mass is 16.5. The Kier molecular flexibility index (Phi) is 5.85. The van der Waals surface area contributed by atoms with Crippen molar-refractivity contribution in [2.75, 3.05) is 19.7 Å². The van der Waals surface area contributed by atoms with E-state index in [1.54, 1.807) is 18.6 Å². The molecule has 160 valence electrons. The summed E-state index contributed by atoms with van der Waals surface area (Å²) in [6.07, 6.45) is 5.90. The fourth-order valence-electron chi connectivity index (χ4n) is 3.37. The molecule has 0 atom stereocenters. The van der Waals surface area contributed by atoms with Crippen LogP contribution >= 0.6 is 0 Å². The highest BCUT2D eigenvalue weighted by Gasteiger charge is 2.32. The van der Waals surface area contributed by atoms with Gasteiger partial charge in [-0.2, -0.15) is 4.98 Å². The maximum Gasteiger partial charge on any atom is 0.414 e. The van der Waals surface area contributed by atoms with Crippen molar-refractivity contribution < 1.29 is 29.1 Å². The summed E-state index contributed by atoms with van der Waals surface area (Å²) in [5, 5.41) is 18.8. The molecule has 4 heterocycles. The lowest BCUT2D eigenvalue weighted by molar-refractivity contribution is -0.159. The van der Waals surface area contributed by atoms with E-state index in [1.807, 2.05) is 0 Å². The molecule has 5 rings (SSSR count). The molecule has 0 bridgehead atoms. The summed E-state index contributed by atoms with van der Waals surface area (Å²) in [6.45, 7) is 3.59. The first-order chi connectivity index (χ1) is 15.0. The van der Waals surface area contributed by atoms with E-state index >= 15 is 0 Å². The van der Waals surface area contributed by atoms with E-state index in [-0.39, 0.29) is 5.92 Å². The summed E-state index contributed by atoms with van der Waals surface area (Å²) in [5.41, 5.74) is 3.28. The Bertz CT molecular complexity index is 1070. The minimum absolute atomic E-state index is 0.288. The number of carboxylic acid groups (broad SMARTS) is 2. The van der Waals surface area contributed by atoms with Crippen LogP contribution in [-0.2, 0) is 22.6 Å². The Hall–Kier alpha value is -3.86. The van der Waals surface area contributed by atoms with Crippen molar-refractivity contribution in [1.29, 1.82) is 0 Å². The second-order valence-electron chi connectivity index (χ2n) is 7.09. The summed E-state index contributed by atoms with van der Waals surface area (Å²) < 4.78 is 11.0. The first-order valence-corrected chi connectivity index (χ1v) is 9.52. The minimum atomic E-state index is -1.82. The van der Waals surface area contributed by atoms with Crippen LogP contribution in [-0.4, -0.2) is 66.9 Å². The summed E-state index contributed by atoms with van der Waals surface area (Å²) in [5.74, 6) is -1.15. The number of benzene rings is 1. The summed E-state index contributed by atoms with van der Waals surface area (Å²) in [4.78, 5) is 33.3. The molecule has 3 aromatic rings. The molecular weight excluding hydrogens is 406 g/mol. The number of hydrogen-bond acceptors (Lipinski definition) is 9. The van der Waals surface area contributed by atoms with Crippen molar-refractivity contribution >= 4 is 11.9 Å². The maximum absolute atomic E-state index is 9.10. The predicted octanol–water partition coefficient (Wildman–Crippen LogP) is 1.22. The number of ether oxygens (including phenoxy) is 1. The smallest absolute Gasteiger partial charge is 0.414 e. The third-order valence-electron chi connectivity index (χ3n) is 4.88. The molecule has 11 nitrogen and oxygen atoms in total. The number of carboxylic acids is 2. The number of fused-ring (bicyclic) bond motifs is 1. The largest absolute Gasteiger partial charge is 0.493 e. The Morgan fingerprint density at radius 1 is 1.16 bits per heavy atom. The van der Waals surface area contributed by atoms with Gasteiger partial charge in [-0.25, -0.2) is 14.6 Å². The lowest BCUT2D eigenvalue weighted by atomic mass is 9.98. The maximum atomic E-state index is 9.10. The van der Waals surface area contributed by atoms with Crippen LogP contribution in [0.1, 0.15) is 22.9 Å². The van der Waals surface area contributed by atoms with E-state index in [2.05, 4.69) is 43.2 Å². The van der Waals surface area contributed by atoms with Gasteiger partial charge in [0.15, 0.2) is 0 Å². The van der Waals surface area contributed by atoms with E-state index in [9.17, 15) is 0 Å². The molecule has 1 saturated heterocycles. The predicted molar refractivity (Wildman–Crippen MR) is 104 cm³/mol. The van der Waals surface area contributed by atoms with Gasteiger partial charge in [0.05, 0.1) is 18.7 Å². The highest BCUT2D eigenvalue weighted by Crippen LogP contribution is 2.30. The van der Waals surface area contributed by atoms with Gasteiger partial charge in [-0.05, 0) is 17.2 Å². The SMILES string of the molecule is O=C(O)C(=O)O.c1cnc(-c2noc(C3CN(Cc4ccc5c(c4)CCO5)C3)n2)cn1. The Morgan fingerprint density at radius 3 is 2.68 bits per heavy atom. The summed E-state index contributed by atoms with van der Waals surface area (Å²) in [6, 6.07) is 6.49. The molecule has 2 aliphatic heterocycles. The molecule has 0 spiro atoms. The molecule has 11 heteroatoms. The molecule has 0 amide bonds. The third kappa shape index (κ3) is 4.83. The number of nitrogens with zero attached hydrogens (tertiary/aromatic N) is 5. The fourth-order valence-corrected chi connectivity index (χ4v) is 3.37. The normalized spacial score (nSPS) is 15.2. The van der Waals surface area contributed by atoms with Crippen molar-refractivity contribution in [3.8, 4) is 17.3 Å². The number of likely N-dealkylation sites (tertiary alicyclic amines) is 1. The summed E-state index contributed by atoms with van der Waals surface area (Å²) in [7, 11) is 0. The van der Waals surface area contributed by atoms with Gasteiger partial charge in [0, 0.05) is 38.4 Å². The van der Waals surface area contributed by atoms with Crippen LogP contribution in [0.3, 0.4) is 0 Å². The quantitative estimate of drug-likeness (QED) is 0.580. The molecule has 0 saturated carbocycles. The van der Waals surface area contributed by atoms with Crippen molar-refractivity contribution in [2.45, 2.75) is 18.9 Å². The van der Waals surface area contributed by atoms with Gasteiger partial charge in [-0.3, -0.25) is 9.88 Å². The van der Waals surface area contributed by atoms with Gasteiger partial charge in [0.1, 0.15) is 11.4 Å². The van der Waals surface area contributed by atoms with Gasteiger partial charge >= 0.3 is 11.9 Å². The fraction of sp³-hybridized carbons (Fsp3) is 0.300. The third-order valence-corrected chi connectivity index (χ3v) is 4.88. The molecule has 2 aromatic heterocycles. The molecule has 31 heavy (non-hydrogen) atoms. The van der Waals surface area contributed by atoms with Crippen molar-refractivity contribution in [2.24, 2.45) is 0 Å². The zero-order valence-electron chi connectivity index (χ0n) is 16.3. The number of rotatable bonds is 4. The minimum Gasteiger partial charge on any atom is -0.493 e. The van der Waals surface area contributed by atoms with Gasteiger partial charge in [-0.15, -0.1) is 0 Å². The molecular formula is C20H19N5O6. The lowest BCUT2D eigenvalue weighted by Crippen LogP contribution is -2.44. The first-order valence-electron chi connectivity index (χ1n) is 9.52. The highest BCUT2D eigenvalue weighted by molar-refractivity contribution is 6.27. The second-order valence-corrected chi connectivity index (χ2v) is 7.09. The van der Waals surface area contributed by atoms with Crippen molar-refractivity contribution in [3.63, 3.8) is 0 Å². The number of aliphatic carboxylic acids is 2. The van der Waals surface area contributed by atoms with Gasteiger partial charge in [0.2, 0.25) is 11.7 Å². The van der Waals surface area contributed by atoms with Crippen LogP contribution in [0, 0.1) is 0 Å². The molecule has 0 unspecified atom stereocenters. The molecule has 0 radical (unpaired) electrons. The average molecular weight is 425 g/mol. The average Bonchev–Trinajstić information content (AvgIpc) is 3.40. The van der Waals surface area contributed by atoms with Crippen LogP contribution in [0.2, 0.25) is 0 Å². The first kappa shape index (κ1) is 20.4. The van der Waals surface area contributed by atoms with Crippen LogP contribution < -0.4 is 4.74 Å². The van der Waals surface area contributed by atoms with E-state index < -0.39 is 11.9 Å². The van der Waals surface area contributed by atoms with Gasteiger partial charge in [0.25, 0.3) is 0 Å². The molecule has 1 aromatic carbocycles. The van der Waals surface area contributed by atoms with Crippen molar-refractivity contribution in [1.82, 2.24) is 25.0 Å². The van der Waals surface area contributed by atoms with E-state index in [4.69, 9.17) is 29.1 Å². The Balaban J connectivity index is 0.000000342. The number of hydrogen-bond donors (Lipinski definition) is 2. The van der Waals surface area contributed by atoms with Gasteiger partial charge < -0.3 is 19.5 Å². The molecule has 0 aliphatic carbocycles. The Morgan fingerprint density at radius 2 is 1.97 bits per heavy atom. The van der Waals surface area contributed by atoms with E-state index in [0.29, 0.717) is 17.4 Å². The lowest BCUT2D eigenvalue weighted by Gasteiger charge is -2.37. The van der Waals surface area contributed by atoms with Crippen LogP contribution in [0.4, 0.5) is 0 Å². The zero-order chi connectivity index (χ0) is 21.8. The Labute approximate surface area is 176 Å². The van der Waals surface area contributed by atoms with E-state index in [1.165, 1.54) is 11.1 Å². The topological polar surface area (TPSA) is 152 Å².